The quantitative estimate of drug-likeness (QED) is 0.718. The number of aromatic hydroxyl groups is 1. The van der Waals surface area contributed by atoms with Crippen LogP contribution in [0.5, 0.6) is 5.75 Å². The van der Waals surface area contributed by atoms with Crippen molar-refractivity contribution in [2.75, 3.05) is 25.5 Å². The molecule has 0 radical (unpaired) electrons. The second-order valence-corrected chi connectivity index (χ2v) is 6.88. The van der Waals surface area contributed by atoms with E-state index in [0.717, 1.165) is 36.8 Å². The van der Waals surface area contributed by atoms with Crippen molar-refractivity contribution in [3.63, 3.8) is 0 Å². The van der Waals surface area contributed by atoms with Crippen LogP contribution in [0.15, 0.2) is 18.5 Å². The number of piperidine rings is 1. The molecule has 9 heteroatoms. The van der Waals surface area contributed by atoms with E-state index in [2.05, 4.69) is 37.5 Å². The molecule has 1 aliphatic rings. The summed E-state index contributed by atoms with van der Waals surface area (Å²) in [7, 11) is 3.96. The standard InChI is InChI=1S/C18H20N8O/c1-25-5-3-4-12(10-25)22-18-17-13(9-21-26(17)2)15(23-24-18)16-14(27)6-11(7-19)8-20-16/h6,8-9,12,27H,3-5,10H2,1-2H3,(H,22,24)/t12-/m1/s1. The monoisotopic (exact) mass is 364 g/mol. The molecule has 0 bridgehead atoms. The van der Waals surface area contributed by atoms with Crippen LogP contribution in [0.1, 0.15) is 18.4 Å². The smallest absolute Gasteiger partial charge is 0.175 e. The number of hydrogen-bond donors (Lipinski definition) is 2. The van der Waals surface area contributed by atoms with Gasteiger partial charge >= 0.3 is 0 Å². The van der Waals surface area contributed by atoms with Gasteiger partial charge in [-0.2, -0.15) is 10.4 Å². The molecule has 2 N–H and O–H groups in total. The van der Waals surface area contributed by atoms with Crippen molar-refractivity contribution in [2.24, 2.45) is 7.05 Å². The fourth-order valence-electron chi connectivity index (χ4n) is 3.54. The van der Waals surface area contributed by atoms with Gasteiger partial charge in [-0.1, -0.05) is 0 Å². The van der Waals surface area contributed by atoms with Crippen LogP contribution < -0.4 is 5.32 Å². The first kappa shape index (κ1) is 17.2. The van der Waals surface area contributed by atoms with Gasteiger partial charge in [-0.05, 0) is 26.4 Å². The fourth-order valence-corrected chi connectivity index (χ4v) is 3.54. The second-order valence-electron chi connectivity index (χ2n) is 6.88. The number of rotatable bonds is 3. The first-order chi connectivity index (χ1) is 13.1. The lowest BCUT2D eigenvalue weighted by Gasteiger charge is -2.30. The number of aryl methyl sites for hydroxylation is 1. The topological polar surface area (TPSA) is 116 Å². The van der Waals surface area contributed by atoms with Gasteiger partial charge in [-0.3, -0.25) is 4.68 Å². The van der Waals surface area contributed by atoms with Crippen LogP contribution in [-0.4, -0.2) is 61.1 Å². The van der Waals surface area contributed by atoms with E-state index in [1.54, 1.807) is 10.9 Å². The average Bonchev–Trinajstić information content (AvgIpc) is 3.05. The van der Waals surface area contributed by atoms with Crippen LogP contribution >= 0.6 is 0 Å². The largest absolute Gasteiger partial charge is 0.506 e. The Morgan fingerprint density at radius 2 is 2.11 bits per heavy atom. The Bertz CT molecular complexity index is 1040. The van der Waals surface area contributed by atoms with Gasteiger partial charge < -0.3 is 15.3 Å². The third-order valence-electron chi connectivity index (χ3n) is 4.85. The number of anilines is 1. The summed E-state index contributed by atoms with van der Waals surface area (Å²) in [6, 6.07) is 3.62. The van der Waals surface area contributed by atoms with Gasteiger partial charge in [0.2, 0.25) is 0 Å². The minimum Gasteiger partial charge on any atom is -0.506 e. The highest BCUT2D eigenvalue weighted by Gasteiger charge is 2.22. The van der Waals surface area contributed by atoms with E-state index in [4.69, 9.17) is 5.26 Å². The number of likely N-dealkylation sites (tertiary alicyclic amines) is 1. The van der Waals surface area contributed by atoms with E-state index in [1.807, 2.05) is 13.1 Å². The summed E-state index contributed by atoms with van der Waals surface area (Å²) in [5.74, 6) is 0.560. The molecule has 0 spiro atoms. The molecule has 27 heavy (non-hydrogen) atoms. The average molecular weight is 364 g/mol. The normalized spacial score (nSPS) is 17.7. The Morgan fingerprint density at radius 1 is 1.26 bits per heavy atom. The zero-order valence-corrected chi connectivity index (χ0v) is 15.2. The van der Waals surface area contributed by atoms with Gasteiger partial charge in [0, 0.05) is 31.9 Å². The predicted octanol–water partition coefficient (Wildman–Crippen LogP) is 1.51. The molecule has 3 aromatic heterocycles. The number of nitrogens with zero attached hydrogens (tertiary/aromatic N) is 7. The van der Waals surface area contributed by atoms with Crippen molar-refractivity contribution >= 4 is 16.7 Å². The maximum Gasteiger partial charge on any atom is 0.175 e. The number of hydrogen-bond acceptors (Lipinski definition) is 8. The third kappa shape index (κ3) is 3.15. The molecular formula is C18H20N8O. The van der Waals surface area contributed by atoms with E-state index in [1.165, 1.54) is 12.3 Å². The lowest BCUT2D eigenvalue weighted by Crippen LogP contribution is -2.40. The summed E-state index contributed by atoms with van der Waals surface area (Å²) in [6.07, 6.45) is 5.31. The Labute approximate surface area is 156 Å². The van der Waals surface area contributed by atoms with Crippen molar-refractivity contribution in [3.05, 3.63) is 24.0 Å². The summed E-state index contributed by atoms with van der Waals surface area (Å²) < 4.78 is 1.74. The Morgan fingerprint density at radius 3 is 2.85 bits per heavy atom. The van der Waals surface area contributed by atoms with Crippen molar-refractivity contribution in [1.29, 1.82) is 5.26 Å². The fraction of sp³-hybridized carbons (Fsp3) is 0.389. The van der Waals surface area contributed by atoms with E-state index in [9.17, 15) is 5.11 Å². The molecule has 4 rings (SSSR count). The minimum absolute atomic E-state index is 0.108. The molecule has 1 atom stereocenters. The lowest BCUT2D eigenvalue weighted by atomic mass is 10.1. The molecule has 138 valence electrons. The van der Waals surface area contributed by atoms with Gasteiger partial charge in [0.1, 0.15) is 28.7 Å². The Hall–Kier alpha value is -3.25. The molecule has 1 aliphatic heterocycles. The summed E-state index contributed by atoms with van der Waals surface area (Å²) in [5, 5.41) is 36.5. The number of aromatic nitrogens is 5. The van der Waals surface area contributed by atoms with Crippen LogP contribution in [-0.2, 0) is 7.05 Å². The number of nitriles is 1. The molecule has 0 unspecified atom stereocenters. The van der Waals surface area contributed by atoms with Crippen LogP contribution in [0.25, 0.3) is 22.3 Å². The predicted molar refractivity (Wildman–Crippen MR) is 100 cm³/mol. The van der Waals surface area contributed by atoms with Crippen molar-refractivity contribution in [3.8, 4) is 23.2 Å². The highest BCUT2D eigenvalue weighted by atomic mass is 16.3. The van der Waals surface area contributed by atoms with E-state index < -0.39 is 0 Å². The minimum atomic E-state index is -0.108. The molecule has 0 saturated carbocycles. The van der Waals surface area contributed by atoms with E-state index in [-0.39, 0.29) is 17.0 Å². The zero-order valence-electron chi connectivity index (χ0n) is 15.2. The molecule has 4 heterocycles. The number of likely N-dealkylation sites (N-methyl/N-ethyl adjacent to an activating group) is 1. The Balaban J connectivity index is 1.76. The number of pyridine rings is 1. The molecule has 0 aliphatic carbocycles. The molecule has 1 fully saturated rings. The van der Waals surface area contributed by atoms with Crippen molar-refractivity contribution in [1.82, 2.24) is 29.9 Å². The zero-order chi connectivity index (χ0) is 19.0. The second kappa shape index (κ2) is 6.81. The highest BCUT2D eigenvalue weighted by molar-refractivity contribution is 5.97. The van der Waals surface area contributed by atoms with Gasteiger partial charge in [0.05, 0.1) is 17.1 Å². The first-order valence-corrected chi connectivity index (χ1v) is 8.79. The first-order valence-electron chi connectivity index (χ1n) is 8.79. The molecule has 9 nitrogen and oxygen atoms in total. The Kier molecular flexibility index (Phi) is 4.33. The highest BCUT2D eigenvalue weighted by Crippen LogP contribution is 2.33. The molecule has 0 aromatic carbocycles. The maximum atomic E-state index is 10.3. The van der Waals surface area contributed by atoms with Crippen LogP contribution in [0, 0.1) is 11.3 Å². The molecular weight excluding hydrogens is 344 g/mol. The van der Waals surface area contributed by atoms with Crippen LogP contribution in [0.4, 0.5) is 5.82 Å². The third-order valence-corrected chi connectivity index (χ3v) is 4.85. The summed E-state index contributed by atoms with van der Waals surface area (Å²) >= 11 is 0. The van der Waals surface area contributed by atoms with E-state index in [0.29, 0.717) is 17.6 Å². The number of nitrogens with one attached hydrogen (secondary N) is 1. The van der Waals surface area contributed by atoms with Gasteiger partial charge in [-0.25, -0.2) is 4.98 Å². The molecule has 0 amide bonds. The molecule has 3 aromatic rings. The maximum absolute atomic E-state index is 10.3. The van der Waals surface area contributed by atoms with E-state index >= 15 is 0 Å². The summed E-state index contributed by atoms with van der Waals surface area (Å²) in [5.41, 5.74) is 1.81. The summed E-state index contributed by atoms with van der Waals surface area (Å²) in [6.45, 7) is 2.05. The van der Waals surface area contributed by atoms with Gasteiger partial charge in [-0.15, -0.1) is 10.2 Å². The number of fused-ring (bicyclic) bond motifs is 1. The van der Waals surface area contributed by atoms with Crippen LogP contribution in [0.2, 0.25) is 0 Å². The molecule has 1 saturated heterocycles. The van der Waals surface area contributed by atoms with Crippen LogP contribution in [0.3, 0.4) is 0 Å². The lowest BCUT2D eigenvalue weighted by molar-refractivity contribution is 0.261. The summed E-state index contributed by atoms with van der Waals surface area (Å²) in [4.78, 5) is 6.49. The van der Waals surface area contributed by atoms with Gasteiger partial charge in [0.25, 0.3) is 0 Å². The van der Waals surface area contributed by atoms with Crippen molar-refractivity contribution < 1.29 is 5.11 Å². The van der Waals surface area contributed by atoms with Crippen molar-refractivity contribution in [2.45, 2.75) is 18.9 Å². The van der Waals surface area contributed by atoms with Gasteiger partial charge in [0.15, 0.2) is 5.82 Å². The SMILES string of the molecule is CN1CCC[C@@H](Nc2nnc(-c3ncc(C#N)cc3O)c3cnn(C)c23)C1.